The van der Waals surface area contributed by atoms with Gasteiger partial charge in [0.15, 0.2) is 58.2 Å². The summed E-state index contributed by atoms with van der Waals surface area (Å²) in [6, 6.07) is 17.5. The molecule has 6 aromatic carbocycles. The van der Waals surface area contributed by atoms with Gasteiger partial charge in [-0.1, -0.05) is 18.2 Å². The first-order valence-electron chi connectivity index (χ1n) is 19.1. The molecule has 0 fully saturated rings. The Morgan fingerprint density at radius 2 is 0.855 bits per heavy atom. The van der Waals surface area contributed by atoms with Crippen molar-refractivity contribution in [1.82, 2.24) is 0 Å². The van der Waals surface area contributed by atoms with Crippen molar-refractivity contribution in [1.29, 1.82) is 0 Å². The Balaban J connectivity index is 1.29. The number of aliphatic hydroxyl groups is 3. The largest absolute Gasteiger partial charge is 0.508 e. The summed E-state index contributed by atoms with van der Waals surface area (Å²) in [4.78, 5) is 0. The summed E-state index contributed by atoms with van der Waals surface area (Å²) < 4.78 is 18.9. The first-order valence-corrected chi connectivity index (χ1v) is 19.1. The molecule has 0 aromatic heterocycles. The third-order valence-corrected chi connectivity index (χ3v) is 11.7. The summed E-state index contributed by atoms with van der Waals surface area (Å²) in [5, 5.41) is 152. The van der Waals surface area contributed by atoms with Crippen LogP contribution in [0.15, 0.2) is 84.9 Å². The third kappa shape index (κ3) is 6.37. The third-order valence-electron chi connectivity index (χ3n) is 11.7. The number of hydrogen-bond donors (Lipinski definition) is 14. The fraction of sp³-hybridized carbons (Fsp3) is 0.200. The number of ether oxygens (including phenoxy) is 3. The van der Waals surface area contributed by atoms with Gasteiger partial charge < -0.3 is 85.7 Å². The van der Waals surface area contributed by atoms with Crippen molar-refractivity contribution >= 4 is 0 Å². The number of hydrogen-bond acceptors (Lipinski definition) is 17. The van der Waals surface area contributed by atoms with Crippen LogP contribution in [-0.2, 0) is 6.42 Å². The standard InChI is InChI=1S/C45H38O17/c46-19-2-4-21-33(12-19)60-43(17-8-28(50)38(56)29(51)9-17)40(58)35(21)23-14-24(45-25(37(23)55)15-32(54)42(62-45)16-1-6-26(48)27(49)7-16)36-22-5-3-20(47)13-34(22)61-44(41(36)59)18-10-30(52)39(57)31(53)11-18/h1-14,32,35-36,40-44,46-59H,15H2/t32-,35-,36-,40-,41-,42+,43-,44+/m0/s1. The van der Waals surface area contributed by atoms with Crippen LogP contribution in [0.4, 0.5) is 0 Å². The van der Waals surface area contributed by atoms with Crippen LogP contribution in [0.3, 0.4) is 0 Å². The molecule has 0 aliphatic carbocycles. The lowest BCUT2D eigenvalue weighted by atomic mass is 9.74. The second kappa shape index (κ2) is 14.5. The first kappa shape index (κ1) is 39.8. The van der Waals surface area contributed by atoms with Crippen molar-refractivity contribution in [2.75, 3.05) is 0 Å². The number of aliphatic hydroxyl groups excluding tert-OH is 3. The maximum Gasteiger partial charge on any atom is 0.200 e. The van der Waals surface area contributed by atoms with Gasteiger partial charge in [0, 0.05) is 69.3 Å². The maximum atomic E-state index is 12.5. The highest BCUT2D eigenvalue weighted by Gasteiger charge is 2.47. The van der Waals surface area contributed by atoms with E-state index < -0.39 is 100 Å². The summed E-state index contributed by atoms with van der Waals surface area (Å²) in [6.07, 6.45) is -9.20. The van der Waals surface area contributed by atoms with Crippen molar-refractivity contribution in [3.63, 3.8) is 0 Å². The first-order chi connectivity index (χ1) is 29.5. The average Bonchev–Trinajstić information content (AvgIpc) is 3.23. The molecule has 9 rings (SSSR count). The molecule has 62 heavy (non-hydrogen) atoms. The highest BCUT2D eigenvalue weighted by Crippen LogP contribution is 2.57. The number of phenols is 11. The molecule has 17 heteroatoms. The van der Waals surface area contributed by atoms with Gasteiger partial charge in [-0.15, -0.1) is 0 Å². The van der Waals surface area contributed by atoms with Gasteiger partial charge >= 0.3 is 0 Å². The normalized spacial score (nSPS) is 23.8. The molecule has 0 unspecified atom stereocenters. The molecule has 0 saturated carbocycles. The van der Waals surface area contributed by atoms with E-state index in [2.05, 4.69) is 0 Å². The number of rotatable bonds is 5. The molecular weight excluding hydrogens is 812 g/mol. The quantitative estimate of drug-likeness (QED) is 0.104. The van der Waals surface area contributed by atoms with Crippen LogP contribution in [-0.4, -0.2) is 89.8 Å². The molecule has 320 valence electrons. The van der Waals surface area contributed by atoms with Gasteiger partial charge in [0.25, 0.3) is 0 Å². The van der Waals surface area contributed by atoms with E-state index in [-0.39, 0.29) is 79.7 Å². The van der Waals surface area contributed by atoms with E-state index in [0.29, 0.717) is 0 Å². The summed E-state index contributed by atoms with van der Waals surface area (Å²) >= 11 is 0. The Hall–Kier alpha value is -7.60. The molecule has 0 radical (unpaired) electrons. The Morgan fingerprint density at radius 1 is 0.387 bits per heavy atom. The van der Waals surface area contributed by atoms with Crippen LogP contribution in [0.25, 0.3) is 0 Å². The van der Waals surface area contributed by atoms with Gasteiger partial charge in [0.2, 0.25) is 0 Å². The lowest BCUT2D eigenvalue weighted by Crippen LogP contribution is -2.38. The van der Waals surface area contributed by atoms with Crippen LogP contribution in [0.5, 0.6) is 80.5 Å². The van der Waals surface area contributed by atoms with Crippen LogP contribution in [0, 0.1) is 0 Å². The Labute approximate surface area is 349 Å². The zero-order valence-electron chi connectivity index (χ0n) is 31.9. The minimum Gasteiger partial charge on any atom is -0.508 e. The van der Waals surface area contributed by atoms with Crippen LogP contribution in [0.2, 0.25) is 0 Å². The molecule has 0 saturated heterocycles. The molecule has 0 bridgehead atoms. The fourth-order valence-electron chi connectivity index (χ4n) is 8.79. The van der Waals surface area contributed by atoms with Crippen molar-refractivity contribution in [2.45, 2.75) is 54.9 Å². The van der Waals surface area contributed by atoms with Crippen LogP contribution in [0.1, 0.15) is 74.7 Å². The molecule has 8 atom stereocenters. The molecule has 3 aliphatic heterocycles. The maximum absolute atomic E-state index is 12.5. The molecule has 0 spiro atoms. The number of phenolic OH excluding ortho intramolecular Hbond substituents is 11. The predicted molar refractivity (Wildman–Crippen MR) is 212 cm³/mol. The second-order valence-corrected chi connectivity index (χ2v) is 15.5. The summed E-state index contributed by atoms with van der Waals surface area (Å²) in [7, 11) is 0. The average molecular weight is 851 g/mol. The summed E-state index contributed by atoms with van der Waals surface area (Å²) in [5.41, 5.74) is 0.775. The van der Waals surface area contributed by atoms with E-state index in [4.69, 9.17) is 14.2 Å². The lowest BCUT2D eigenvalue weighted by molar-refractivity contribution is 0.00128. The van der Waals surface area contributed by atoms with E-state index in [1.54, 1.807) is 0 Å². The molecular formula is C45H38O17. The van der Waals surface area contributed by atoms with Gasteiger partial charge in [0.05, 0.1) is 6.10 Å². The zero-order chi connectivity index (χ0) is 44.0. The van der Waals surface area contributed by atoms with E-state index in [1.165, 1.54) is 60.7 Å². The number of aromatic hydroxyl groups is 11. The fourth-order valence-corrected chi connectivity index (χ4v) is 8.79. The van der Waals surface area contributed by atoms with E-state index >= 15 is 0 Å². The molecule has 0 amide bonds. The smallest absolute Gasteiger partial charge is 0.200 e. The lowest BCUT2D eigenvalue weighted by Gasteiger charge is -2.42. The predicted octanol–water partition coefficient (Wildman–Crippen LogP) is 4.74. The van der Waals surface area contributed by atoms with Crippen molar-refractivity contribution < 1.29 is 85.7 Å². The van der Waals surface area contributed by atoms with Gasteiger partial charge in [-0.2, -0.15) is 0 Å². The van der Waals surface area contributed by atoms with Gasteiger partial charge in [-0.05, 0) is 60.2 Å². The Bertz CT molecular complexity index is 2740. The van der Waals surface area contributed by atoms with Gasteiger partial charge in [0.1, 0.15) is 52.8 Å². The highest BCUT2D eigenvalue weighted by molar-refractivity contribution is 5.65. The van der Waals surface area contributed by atoms with E-state index in [0.717, 1.165) is 24.3 Å². The monoisotopic (exact) mass is 850 g/mol. The topological polar surface area (TPSA) is 311 Å². The molecule has 6 aromatic rings. The van der Waals surface area contributed by atoms with Crippen LogP contribution >= 0.6 is 0 Å². The van der Waals surface area contributed by atoms with Crippen molar-refractivity contribution in [3.8, 4) is 80.5 Å². The van der Waals surface area contributed by atoms with Crippen LogP contribution < -0.4 is 14.2 Å². The number of fused-ring (bicyclic) bond motifs is 3. The highest BCUT2D eigenvalue weighted by atomic mass is 16.5. The minimum absolute atomic E-state index is 0.00441. The number of benzene rings is 6. The van der Waals surface area contributed by atoms with E-state index in [9.17, 15) is 71.5 Å². The molecule has 3 heterocycles. The Kier molecular flexibility index (Phi) is 9.35. The zero-order valence-corrected chi connectivity index (χ0v) is 31.9. The van der Waals surface area contributed by atoms with Crippen molar-refractivity contribution in [3.05, 3.63) is 129 Å². The SMILES string of the molecule is Oc1ccc2c(c1)O[C@H](c1cc(O)c(O)c(O)c1)[C@@H](O)[C@@H]2c1cc([C@@H]2c3ccc(O)cc3O[C@@H](c3cc(O)c(O)c(O)c3)[C@H]2O)c(O)c2c1O[C@H](c1ccc(O)c(O)c1)[C@@H](O)C2. The summed E-state index contributed by atoms with van der Waals surface area (Å²) in [6.45, 7) is 0. The minimum atomic E-state index is -1.67. The Morgan fingerprint density at radius 3 is 1.34 bits per heavy atom. The van der Waals surface area contributed by atoms with Gasteiger partial charge in [-0.3, -0.25) is 0 Å². The van der Waals surface area contributed by atoms with Crippen molar-refractivity contribution in [2.24, 2.45) is 0 Å². The molecule has 3 aliphatic rings. The van der Waals surface area contributed by atoms with Gasteiger partial charge in [-0.25, -0.2) is 0 Å². The second-order valence-electron chi connectivity index (χ2n) is 15.5. The van der Waals surface area contributed by atoms with E-state index in [1.807, 2.05) is 0 Å². The summed E-state index contributed by atoms with van der Waals surface area (Å²) in [5.74, 6) is -9.08. The molecule has 14 N–H and O–H groups in total. The molecule has 17 nitrogen and oxygen atoms in total.